The lowest BCUT2D eigenvalue weighted by Gasteiger charge is -2.38. The van der Waals surface area contributed by atoms with Crippen LogP contribution >= 0.6 is 11.3 Å². The van der Waals surface area contributed by atoms with Crippen molar-refractivity contribution in [2.45, 2.75) is 33.4 Å². The van der Waals surface area contributed by atoms with Crippen molar-refractivity contribution < 1.29 is 0 Å². The van der Waals surface area contributed by atoms with E-state index in [0.29, 0.717) is 6.04 Å². The molecule has 1 aliphatic heterocycles. The topological polar surface area (TPSA) is 15.3 Å². The first-order valence-corrected chi connectivity index (χ1v) is 6.98. The zero-order chi connectivity index (χ0) is 11.5. The minimum Gasteiger partial charge on any atom is -0.314 e. The SMILES string of the molecule is Cc1ccc(CN2CCNCC2C(C)C)s1. The van der Waals surface area contributed by atoms with Gasteiger partial charge in [0.2, 0.25) is 0 Å². The molecular weight excluding hydrogens is 216 g/mol. The van der Waals surface area contributed by atoms with Crippen LogP contribution in [0, 0.1) is 12.8 Å². The Labute approximate surface area is 103 Å². The van der Waals surface area contributed by atoms with Crippen molar-refractivity contribution in [1.29, 1.82) is 0 Å². The third-order valence-corrected chi connectivity index (χ3v) is 4.31. The molecule has 1 fully saturated rings. The molecule has 1 aromatic heterocycles. The predicted octanol–water partition coefficient (Wildman–Crippen LogP) is 2.49. The number of rotatable bonds is 3. The van der Waals surface area contributed by atoms with Crippen LogP contribution in [0.15, 0.2) is 12.1 Å². The second-order valence-corrected chi connectivity index (χ2v) is 6.37. The molecule has 3 heteroatoms. The second-order valence-electron chi connectivity index (χ2n) is 5.00. The average Bonchev–Trinajstić information content (AvgIpc) is 2.64. The summed E-state index contributed by atoms with van der Waals surface area (Å²) in [5.74, 6) is 0.730. The summed E-state index contributed by atoms with van der Waals surface area (Å²) in [6.45, 7) is 11.4. The van der Waals surface area contributed by atoms with Crippen molar-refractivity contribution in [3.63, 3.8) is 0 Å². The Hall–Kier alpha value is -0.380. The van der Waals surface area contributed by atoms with E-state index in [4.69, 9.17) is 0 Å². The quantitative estimate of drug-likeness (QED) is 0.870. The maximum absolute atomic E-state index is 3.50. The van der Waals surface area contributed by atoms with Crippen LogP contribution in [-0.4, -0.2) is 30.6 Å². The van der Waals surface area contributed by atoms with Gasteiger partial charge >= 0.3 is 0 Å². The van der Waals surface area contributed by atoms with Crippen LogP contribution in [0.3, 0.4) is 0 Å². The van der Waals surface area contributed by atoms with Crippen LogP contribution in [0.4, 0.5) is 0 Å². The Bertz CT molecular complexity index is 332. The fraction of sp³-hybridized carbons (Fsp3) is 0.692. The fourth-order valence-corrected chi connectivity index (χ4v) is 3.31. The van der Waals surface area contributed by atoms with Gasteiger partial charge in [-0.3, -0.25) is 4.90 Å². The van der Waals surface area contributed by atoms with E-state index in [1.54, 1.807) is 0 Å². The summed E-state index contributed by atoms with van der Waals surface area (Å²) >= 11 is 1.93. The van der Waals surface area contributed by atoms with Gasteiger partial charge in [-0.25, -0.2) is 0 Å². The van der Waals surface area contributed by atoms with Crippen molar-refractivity contribution in [3.8, 4) is 0 Å². The minimum absolute atomic E-state index is 0.691. The normalized spacial score (nSPS) is 22.9. The highest BCUT2D eigenvalue weighted by Gasteiger charge is 2.24. The Morgan fingerprint density at radius 2 is 2.31 bits per heavy atom. The molecule has 90 valence electrons. The molecule has 1 N–H and O–H groups in total. The minimum atomic E-state index is 0.691. The Morgan fingerprint density at radius 3 is 2.94 bits per heavy atom. The van der Waals surface area contributed by atoms with Gasteiger partial charge in [-0.2, -0.15) is 0 Å². The third kappa shape index (κ3) is 2.84. The van der Waals surface area contributed by atoms with E-state index in [9.17, 15) is 0 Å². The summed E-state index contributed by atoms with van der Waals surface area (Å²) in [6, 6.07) is 5.20. The zero-order valence-electron chi connectivity index (χ0n) is 10.5. The first-order chi connectivity index (χ1) is 7.66. The first kappa shape index (κ1) is 12.1. The lowest BCUT2D eigenvalue weighted by atomic mass is 10.0. The highest BCUT2D eigenvalue weighted by Crippen LogP contribution is 2.21. The monoisotopic (exact) mass is 238 g/mol. The summed E-state index contributed by atoms with van der Waals surface area (Å²) < 4.78 is 0. The molecule has 1 atom stereocenters. The van der Waals surface area contributed by atoms with E-state index in [0.717, 1.165) is 25.6 Å². The van der Waals surface area contributed by atoms with Crippen LogP contribution < -0.4 is 5.32 Å². The summed E-state index contributed by atoms with van der Waals surface area (Å²) in [4.78, 5) is 5.56. The highest BCUT2D eigenvalue weighted by molar-refractivity contribution is 7.11. The largest absolute Gasteiger partial charge is 0.314 e. The molecule has 1 aromatic rings. The number of nitrogens with one attached hydrogen (secondary N) is 1. The summed E-state index contributed by atoms with van der Waals surface area (Å²) in [5.41, 5.74) is 0. The van der Waals surface area contributed by atoms with Crippen molar-refractivity contribution >= 4 is 11.3 Å². The molecule has 2 rings (SSSR count). The molecule has 2 heterocycles. The smallest absolute Gasteiger partial charge is 0.0332 e. The number of hydrogen-bond donors (Lipinski definition) is 1. The van der Waals surface area contributed by atoms with E-state index in [-0.39, 0.29) is 0 Å². The molecule has 0 saturated carbocycles. The van der Waals surface area contributed by atoms with E-state index < -0.39 is 0 Å². The Kier molecular flexibility index (Phi) is 4.00. The molecule has 1 saturated heterocycles. The van der Waals surface area contributed by atoms with Crippen molar-refractivity contribution in [2.75, 3.05) is 19.6 Å². The van der Waals surface area contributed by atoms with Crippen LogP contribution in [0.1, 0.15) is 23.6 Å². The highest BCUT2D eigenvalue weighted by atomic mass is 32.1. The van der Waals surface area contributed by atoms with Gasteiger partial charge in [0.15, 0.2) is 0 Å². The van der Waals surface area contributed by atoms with Crippen LogP contribution in [0.25, 0.3) is 0 Å². The van der Waals surface area contributed by atoms with Gasteiger partial charge in [-0.05, 0) is 25.0 Å². The number of hydrogen-bond acceptors (Lipinski definition) is 3. The summed E-state index contributed by atoms with van der Waals surface area (Å²) in [6.07, 6.45) is 0. The molecule has 0 bridgehead atoms. The van der Waals surface area contributed by atoms with Crippen molar-refractivity contribution in [1.82, 2.24) is 10.2 Å². The maximum Gasteiger partial charge on any atom is 0.0332 e. The molecule has 2 nitrogen and oxygen atoms in total. The predicted molar refractivity (Wildman–Crippen MR) is 71.0 cm³/mol. The molecule has 0 amide bonds. The van der Waals surface area contributed by atoms with E-state index in [1.807, 2.05) is 11.3 Å². The molecule has 0 aromatic carbocycles. The molecule has 0 spiro atoms. The van der Waals surface area contributed by atoms with Gasteiger partial charge in [-0.15, -0.1) is 11.3 Å². The van der Waals surface area contributed by atoms with E-state index in [2.05, 4.69) is 43.1 Å². The van der Waals surface area contributed by atoms with Crippen molar-refractivity contribution in [2.24, 2.45) is 5.92 Å². The molecule has 0 radical (unpaired) electrons. The number of thiophene rings is 1. The van der Waals surface area contributed by atoms with Gasteiger partial charge in [0, 0.05) is 42.0 Å². The van der Waals surface area contributed by atoms with E-state index in [1.165, 1.54) is 16.3 Å². The van der Waals surface area contributed by atoms with Gasteiger partial charge in [-0.1, -0.05) is 13.8 Å². The second kappa shape index (κ2) is 5.30. The summed E-state index contributed by atoms with van der Waals surface area (Å²) in [7, 11) is 0. The molecule has 16 heavy (non-hydrogen) atoms. The average molecular weight is 238 g/mol. The van der Waals surface area contributed by atoms with E-state index >= 15 is 0 Å². The maximum atomic E-state index is 3.50. The Morgan fingerprint density at radius 1 is 1.50 bits per heavy atom. The Balaban J connectivity index is 2.01. The number of aryl methyl sites for hydroxylation is 1. The zero-order valence-corrected chi connectivity index (χ0v) is 11.3. The summed E-state index contributed by atoms with van der Waals surface area (Å²) in [5, 5.41) is 3.50. The van der Waals surface area contributed by atoms with Gasteiger partial charge in [0.25, 0.3) is 0 Å². The van der Waals surface area contributed by atoms with Crippen LogP contribution in [0.2, 0.25) is 0 Å². The number of nitrogens with zero attached hydrogens (tertiary/aromatic N) is 1. The standard InChI is InChI=1S/C13H22N2S/c1-10(2)13-8-14-6-7-15(13)9-12-5-4-11(3)16-12/h4-5,10,13-14H,6-9H2,1-3H3. The van der Waals surface area contributed by atoms with Gasteiger partial charge in [0.05, 0.1) is 0 Å². The molecule has 1 aliphatic rings. The molecular formula is C13H22N2S. The third-order valence-electron chi connectivity index (χ3n) is 3.32. The van der Waals surface area contributed by atoms with Gasteiger partial charge < -0.3 is 5.32 Å². The van der Waals surface area contributed by atoms with Crippen LogP contribution in [-0.2, 0) is 6.54 Å². The van der Waals surface area contributed by atoms with Crippen LogP contribution in [0.5, 0.6) is 0 Å². The first-order valence-electron chi connectivity index (χ1n) is 6.17. The van der Waals surface area contributed by atoms with Crippen molar-refractivity contribution in [3.05, 3.63) is 21.9 Å². The van der Waals surface area contributed by atoms with Gasteiger partial charge in [0.1, 0.15) is 0 Å². The molecule has 1 unspecified atom stereocenters. The number of piperazine rings is 1. The lowest BCUT2D eigenvalue weighted by molar-refractivity contribution is 0.118. The fourth-order valence-electron chi connectivity index (χ4n) is 2.39. The lowest BCUT2D eigenvalue weighted by Crippen LogP contribution is -2.52. The molecule has 0 aliphatic carbocycles.